The number of hydrogen-bond acceptors (Lipinski definition) is 2. The molecular weight excluding hydrogens is 729 g/mol. The van der Waals surface area contributed by atoms with Crippen molar-refractivity contribution in [1.82, 2.24) is 0 Å². The summed E-state index contributed by atoms with van der Waals surface area (Å²) in [6, 6.07) is 40.7. The van der Waals surface area contributed by atoms with Gasteiger partial charge in [0.05, 0.1) is 0 Å². The Morgan fingerprint density at radius 3 is 1.02 bits per heavy atom. The van der Waals surface area contributed by atoms with Crippen LogP contribution in [-0.2, 0) is 12.8 Å². The predicted molar refractivity (Wildman–Crippen MR) is 260 cm³/mol. The minimum atomic E-state index is 0.933. The summed E-state index contributed by atoms with van der Waals surface area (Å²) < 4.78 is 13.0. The molecule has 0 spiro atoms. The minimum absolute atomic E-state index is 0.933. The van der Waals surface area contributed by atoms with E-state index in [1.54, 1.807) is 0 Å². The third-order valence-electron chi connectivity index (χ3n) is 13.2. The Morgan fingerprint density at radius 2 is 0.650 bits per heavy atom. The van der Waals surface area contributed by atoms with Crippen molar-refractivity contribution in [3.05, 3.63) is 120 Å². The Hall–Kier alpha value is -4.82. The number of hydrogen-bond donors (Lipinski definition) is 0. The molecule has 0 N–H and O–H groups in total. The maximum Gasteiger partial charge on any atom is 0.135 e. The SMILES string of the molecule is CCCCCCCCCCCCc1ccc(-c2cc3cc4c(ccc5c6cc7cc(-c8ccc(CCCCCCCCCCCC)cc8)oc7cc6ccc45)cc3o2)cc1. The second-order valence-corrected chi connectivity index (χ2v) is 17.9. The minimum Gasteiger partial charge on any atom is -0.456 e. The highest BCUT2D eigenvalue weighted by Gasteiger charge is 2.14. The molecule has 0 saturated carbocycles. The Balaban J connectivity index is 0.899. The van der Waals surface area contributed by atoms with Crippen LogP contribution >= 0.6 is 0 Å². The molecule has 6 aromatic carbocycles. The first-order valence-corrected chi connectivity index (χ1v) is 24.1. The lowest BCUT2D eigenvalue weighted by Gasteiger charge is -2.08. The van der Waals surface area contributed by atoms with E-state index in [0.29, 0.717) is 0 Å². The average molecular weight is 797 g/mol. The third-order valence-corrected chi connectivity index (χ3v) is 13.2. The number of fused-ring (bicyclic) bond motifs is 7. The molecule has 2 nitrogen and oxygen atoms in total. The van der Waals surface area contributed by atoms with Crippen LogP contribution in [0.5, 0.6) is 0 Å². The van der Waals surface area contributed by atoms with Gasteiger partial charge in [-0.1, -0.05) is 202 Å². The van der Waals surface area contributed by atoms with Crippen molar-refractivity contribution < 1.29 is 8.83 Å². The summed E-state index contributed by atoms with van der Waals surface area (Å²) in [7, 11) is 0. The highest BCUT2D eigenvalue weighted by atomic mass is 16.3. The lowest BCUT2D eigenvalue weighted by molar-refractivity contribution is 0.556. The zero-order valence-corrected chi connectivity index (χ0v) is 36.8. The largest absolute Gasteiger partial charge is 0.456 e. The fraction of sp³-hybridized carbons (Fsp3) is 0.414. The molecule has 0 aliphatic carbocycles. The number of furan rings is 2. The van der Waals surface area contributed by atoms with Gasteiger partial charge in [-0.25, -0.2) is 0 Å². The average Bonchev–Trinajstić information content (AvgIpc) is 3.90. The number of benzene rings is 6. The topological polar surface area (TPSA) is 26.3 Å². The van der Waals surface area contributed by atoms with Crippen LogP contribution in [0.4, 0.5) is 0 Å². The van der Waals surface area contributed by atoms with Gasteiger partial charge in [0.15, 0.2) is 0 Å². The molecular formula is C58H68O2. The van der Waals surface area contributed by atoms with Crippen LogP contribution in [0, 0.1) is 0 Å². The molecule has 312 valence electrons. The molecule has 0 fully saturated rings. The summed E-state index contributed by atoms with van der Waals surface area (Å²) >= 11 is 0. The lowest BCUT2D eigenvalue weighted by atomic mass is 9.95. The Kier molecular flexibility index (Phi) is 14.7. The molecule has 8 rings (SSSR count). The van der Waals surface area contributed by atoms with Gasteiger partial charge < -0.3 is 8.83 Å². The van der Waals surface area contributed by atoms with E-state index in [2.05, 4.69) is 123 Å². The summed E-state index contributed by atoms with van der Waals surface area (Å²) in [5, 5.41) is 9.73. The predicted octanol–water partition coefficient (Wildman–Crippen LogP) is 18.9. The first-order valence-electron chi connectivity index (χ1n) is 24.1. The van der Waals surface area contributed by atoms with Crippen molar-refractivity contribution in [3.8, 4) is 22.6 Å². The molecule has 0 atom stereocenters. The van der Waals surface area contributed by atoms with Gasteiger partial charge in [0, 0.05) is 21.9 Å². The van der Waals surface area contributed by atoms with E-state index in [4.69, 9.17) is 8.83 Å². The van der Waals surface area contributed by atoms with Crippen molar-refractivity contribution in [2.45, 2.75) is 155 Å². The maximum atomic E-state index is 6.48. The zero-order valence-electron chi connectivity index (χ0n) is 36.8. The molecule has 2 aromatic heterocycles. The molecule has 2 heteroatoms. The Bertz CT molecular complexity index is 2380. The van der Waals surface area contributed by atoms with Gasteiger partial charge in [-0.2, -0.15) is 0 Å². The third kappa shape index (κ3) is 10.5. The van der Waals surface area contributed by atoms with E-state index in [0.717, 1.165) is 57.4 Å². The first kappa shape index (κ1) is 41.9. The summed E-state index contributed by atoms with van der Waals surface area (Å²) in [4.78, 5) is 0. The van der Waals surface area contributed by atoms with Crippen molar-refractivity contribution in [1.29, 1.82) is 0 Å². The van der Waals surface area contributed by atoms with Crippen LogP contribution in [0.3, 0.4) is 0 Å². The van der Waals surface area contributed by atoms with Gasteiger partial charge in [-0.3, -0.25) is 0 Å². The molecule has 0 bridgehead atoms. The molecule has 0 amide bonds. The zero-order chi connectivity index (χ0) is 40.9. The molecule has 2 heterocycles. The van der Waals surface area contributed by atoms with Crippen LogP contribution in [0.1, 0.15) is 153 Å². The highest BCUT2D eigenvalue weighted by molar-refractivity contribution is 6.20. The van der Waals surface area contributed by atoms with E-state index in [-0.39, 0.29) is 0 Å². The highest BCUT2D eigenvalue weighted by Crippen LogP contribution is 2.38. The summed E-state index contributed by atoms with van der Waals surface area (Å²) in [5.74, 6) is 1.87. The van der Waals surface area contributed by atoms with Gasteiger partial charge in [0.2, 0.25) is 0 Å². The van der Waals surface area contributed by atoms with E-state index in [1.165, 1.54) is 172 Å². The van der Waals surface area contributed by atoms with Crippen LogP contribution in [0.2, 0.25) is 0 Å². The van der Waals surface area contributed by atoms with Gasteiger partial charge in [-0.15, -0.1) is 0 Å². The molecule has 60 heavy (non-hydrogen) atoms. The van der Waals surface area contributed by atoms with Gasteiger partial charge in [0.25, 0.3) is 0 Å². The molecule has 0 unspecified atom stereocenters. The van der Waals surface area contributed by atoms with E-state index in [9.17, 15) is 0 Å². The summed E-state index contributed by atoms with van der Waals surface area (Å²) in [6.45, 7) is 4.58. The fourth-order valence-corrected chi connectivity index (χ4v) is 9.53. The molecule has 0 aliphatic heterocycles. The second-order valence-electron chi connectivity index (χ2n) is 17.9. The van der Waals surface area contributed by atoms with Crippen molar-refractivity contribution in [2.24, 2.45) is 0 Å². The fourth-order valence-electron chi connectivity index (χ4n) is 9.53. The van der Waals surface area contributed by atoms with Crippen LogP contribution in [0.25, 0.3) is 76.9 Å². The number of rotatable bonds is 24. The smallest absolute Gasteiger partial charge is 0.135 e. The second kappa shape index (κ2) is 21.1. The maximum absolute atomic E-state index is 6.48. The molecule has 0 aliphatic rings. The summed E-state index contributed by atoms with van der Waals surface area (Å²) in [5.41, 5.74) is 7.00. The standard InChI is InChI=1S/C58H68O2/c1-3-5-7-9-11-13-15-17-19-21-23-43-25-29-45(30-26-43)55-41-49-37-53-47(39-57(49)59-55)33-35-52-51(53)36-34-48-40-58-50(38-54(48)52)42-56(60-58)46-31-27-44(28-32-46)24-22-20-18-16-14-12-10-8-6-4-2/h25-42H,3-24H2,1-2H3. The quantitative estimate of drug-likeness (QED) is 0.0450. The first-order chi connectivity index (χ1) is 29.7. The molecule has 0 radical (unpaired) electrons. The van der Waals surface area contributed by atoms with Gasteiger partial charge in [-0.05, 0) is 106 Å². The van der Waals surface area contributed by atoms with Crippen LogP contribution in [-0.4, -0.2) is 0 Å². The van der Waals surface area contributed by atoms with Crippen molar-refractivity contribution in [2.75, 3.05) is 0 Å². The van der Waals surface area contributed by atoms with Gasteiger partial charge >= 0.3 is 0 Å². The Labute approximate surface area is 359 Å². The van der Waals surface area contributed by atoms with E-state index >= 15 is 0 Å². The molecule has 0 saturated heterocycles. The van der Waals surface area contributed by atoms with Gasteiger partial charge in [0.1, 0.15) is 22.7 Å². The van der Waals surface area contributed by atoms with Crippen LogP contribution in [0.15, 0.2) is 118 Å². The van der Waals surface area contributed by atoms with Crippen LogP contribution < -0.4 is 0 Å². The van der Waals surface area contributed by atoms with Crippen molar-refractivity contribution in [3.63, 3.8) is 0 Å². The monoisotopic (exact) mass is 797 g/mol. The van der Waals surface area contributed by atoms with E-state index in [1.807, 2.05) is 0 Å². The number of aryl methyl sites for hydroxylation is 2. The number of unbranched alkanes of at least 4 members (excludes halogenated alkanes) is 18. The van der Waals surface area contributed by atoms with Crippen molar-refractivity contribution >= 4 is 54.3 Å². The lowest BCUT2D eigenvalue weighted by Crippen LogP contribution is -1.87. The van der Waals surface area contributed by atoms with E-state index < -0.39 is 0 Å². The summed E-state index contributed by atoms with van der Waals surface area (Å²) in [6.07, 6.45) is 29.8. The molecule has 8 aromatic rings. The normalized spacial score (nSPS) is 12.0. The Morgan fingerprint density at radius 1 is 0.300 bits per heavy atom.